The van der Waals surface area contributed by atoms with E-state index >= 15 is 0 Å². The SMILES string of the molecule is CCCCC[C@H](C)Nc1ncc2c(C3=CCC(C(=O)OCC)CC3)cc(C3CCC(O)CC3)n2n1. The Morgan fingerprint density at radius 1 is 1.23 bits per heavy atom. The molecule has 4 rings (SSSR count). The number of allylic oxidation sites excluding steroid dienone is 2. The van der Waals surface area contributed by atoms with E-state index in [2.05, 4.69) is 40.8 Å². The number of carbonyl (C=O) groups is 1. The van der Waals surface area contributed by atoms with Crippen molar-refractivity contribution in [3.05, 3.63) is 29.6 Å². The molecule has 0 spiro atoms. The first-order chi connectivity index (χ1) is 17.0. The molecular weight excluding hydrogens is 440 g/mol. The number of hydrogen-bond acceptors (Lipinski definition) is 6. The van der Waals surface area contributed by atoms with Crippen LogP contribution in [0.1, 0.15) is 109 Å². The third kappa shape index (κ3) is 6.24. The third-order valence-corrected chi connectivity index (χ3v) is 7.65. The standard InChI is InChI=1S/C28H42N4O3/c1-4-6-7-8-19(3)30-28-29-18-26-24(20-9-11-22(12-10-20)27(34)35-5-2)17-25(32(26)31-28)21-13-15-23(33)16-14-21/h9,17-19,21-23,33H,4-8,10-16H2,1-3H3,(H,30,31)/t19-,21?,22?,23?/m0/s1. The average Bonchev–Trinajstić information content (AvgIpc) is 3.24. The number of ether oxygens (including phenoxy) is 1. The number of aromatic nitrogens is 3. The van der Waals surface area contributed by atoms with Crippen LogP contribution in [0.15, 0.2) is 18.3 Å². The fourth-order valence-corrected chi connectivity index (χ4v) is 5.55. The lowest BCUT2D eigenvalue weighted by Crippen LogP contribution is -2.20. The molecule has 0 bridgehead atoms. The van der Waals surface area contributed by atoms with Crippen molar-refractivity contribution >= 4 is 23.0 Å². The van der Waals surface area contributed by atoms with E-state index in [4.69, 9.17) is 9.84 Å². The van der Waals surface area contributed by atoms with Crippen molar-refractivity contribution in [1.29, 1.82) is 0 Å². The fraction of sp³-hybridized carbons (Fsp3) is 0.679. The predicted octanol–water partition coefficient (Wildman–Crippen LogP) is 5.88. The number of aliphatic hydroxyl groups excluding tert-OH is 1. The minimum atomic E-state index is -0.186. The maximum atomic E-state index is 12.2. The summed E-state index contributed by atoms with van der Waals surface area (Å²) in [4.78, 5) is 16.9. The molecule has 2 atom stereocenters. The van der Waals surface area contributed by atoms with Crippen molar-refractivity contribution in [2.75, 3.05) is 11.9 Å². The number of unbranched alkanes of at least 4 members (excludes halogenated alkanes) is 2. The van der Waals surface area contributed by atoms with E-state index in [1.807, 2.05) is 13.1 Å². The second-order valence-electron chi connectivity index (χ2n) is 10.4. The lowest BCUT2D eigenvalue weighted by Gasteiger charge is -2.25. The molecule has 0 aliphatic heterocycles. The highest BCUT2D eigenvalue weighted by Gasteiger charge is 2.28. The lowest BCUT2D eigenvalue weighted by molar-refractivity contribution is -0.148. The molecule has 7 nitrogen and oxygen atoms in total. The Labute approximate surface area is 209 Å². The van der Waals surface area contributed by atoms with Gasteiger partial charge in [-0.2, -0.15) is 0 Å². The van der Waals surface area contributed by atoms with Gasteiger partial charge in [0.2, 0.25) is 5.95 Å². The van der Waals surface area contributed by atoms with Gasteiger partial charge in [0, 0.05) is 23.2 Å². The summed E-state index contributed by atoms with van der Waals surface area (Å²) in [5.41, 5.74) is 4.67. The van der Waals surface area contributed by atoms with Crippen LogP contribution in [0.4, 0.5) is 5.95 Å². The van der Waals surface area contributed by atoms with Crippen molar-refractivity contribution in [3.63, 3.8) is 0 Å². The molecule has 7 heteroatoms. The highest BCUT2D eigenvalue weighted by molar-refractivity contribution is 5.81. The van der Waals surface area contributed by atoms with Gasteiger partial charge in [0.15, 0.2) is 0 Å². The molecule has 0 saturated heterocycles. The molecule has 2 aromatic rings. The smallest absolute Gasteiger partial charge is 0.309 e. The number of fused-ring (bicyclic) bond motifs is 1. The van der Waals surface area contributed by atoms with Crippen molar-refractivity contribution < 1.29 is 14.6 Å². The number of nitrogens with one attached hydrogen (secondary N) is 1. The number of esters is 1. The Balaban J connectivity index is 1.61. The molecule has 0 amide bonds. The summed E-state index contributed by atoms with van der Waals surface area (Å²) in [6, 6.07) is 2.61. The number of aliphatic hydroxyl groups is 1. The van der Waals surface area contributed by atoms with E-state index in [-0.39, 0.29) is 18.0 Å². The molecule has 2 aliphatic rings. The minimum Gasteiger partial charge on any atom is -0.466 e. The van der Waals surface area contributed by atoms with Crippen molar-refractivity contribution in [1.82, 2.24) is 14.6 Å². The highest BCUT2D eigenvalue weighted by Crippen LogP contribution is 2.39. The quantitative estimate of drug-likeness (QED) is 0.325. The second kappa shape index (κ2) is 12.0. The van der Waals surface area contributed by atoms with E-state index in [0.717, 1.165) is 50.5 Å². The summed E-state index contributed by atoms with van der Waals surface area (Å²) >= 11 is 0. The lowest BCUT2D eigenvalue weighted by atomic mass is 9.84. The van der Waals surface area contributed by atoms with Gasteiger partial charge in [-0.25, -0.2) is 9.50 Å². The van der Waals surface area contributed by atoms with E-state index in [9.17, 15) is 9.90 Å². The zero-order valence-electron chi connectivity index (χ0n) is 21.6. The van der Waals surface area contributed by atoms with Crippen LogP contribution in [-0.2, 0) is 9.53 Å². The Morgan fingerprint density at radius 2 is 2.03 bits per heavy atom. The van der Waals surface area contributed by atoms with E-state index < -0.39 is 0 Å². The molecule has 2 aliphatic carbocycles. The van der Waals surface area contributed by atoms with E-state index in [1.165, 1.54) is 36.1 Å². The predicted molar refractivity (Wildman–Crippen MR) is 139 cm³/mol. The Kier molecular flexibility index (Phi) is 8.82. The van der Waals surface area contributed by atoms with Crippen molar-refractivity contribution in [3.8, 4) is 0 Å². The third-order valence-electron chi connectivity index (χ3n) is 7.65. The zero-order chi connectivity index (χ0) is 24.8. The van der Waals surface area contributed by atoms with Gasteiger partial charge in [0.05, 0.1) is 30.3 Å². The second-order valence-corrected chi connectivity index (χ2v) is 10.4. The number of hydrogen-bond donors (Lipinski definition) is 2. The molecule has 1 fully saturated rings. The molecular formula is C28H42N4O3. The molecule has 2 aromatic heterocycles. The van der Waals surface area contributed by atoms with Crippen molar-refractivity contribution in [2.45, 2.75) is 109 Å². The molecule has 192 valence electrons. The highest BCUT2D eigenvalue weighted by atomic mass is 16.5. The summed E-state index contributed by atoms with van der Waals surface area (Å²) < 4.78 is 7.33. The molecule has 1 unspecified atom stereocenters. The van der Waals surface area contributed by atoms with Crippen LogP contribution in [0.5, 0.6) is 0 Å². The number of carbonyl (C=O) groups excluding carboxylic acids is 1. The largest absolute Gasteiger partial charge is 0.466 e. The van der Waals surface area contributed by atoms with Crippen molar-refractivity contribution in [2.24, 2.45) is 5.92 Å². The van der Waals surface area contributed by atoms with E-state index in [0.29, 0.717) is 30.9 Å². The zero-order valence-corrected chi connectivity index (χ0v) is 21.6. The van der Waals surface area contributed by atoms with Crippen LogP contribution in [0.25, 0.3) is 11.1 Å². The maximum absolute atomic E-state index is 12.2. The number of rotatable bonds is 10. The van der Waals surface area contributed by atoms with Gasteiger partial charge in [0.1, 0.15) is 0 Å². The summed E-state index contributed by atoms with van der Waals surface area (Å²) in [6.07, 6.45) is 14.7. The summed E-state index contributed by atoms with van der Waals surface area (Å²) in [6.45, 7) is 6.71. The first-order valence-electron chi connectivity index (χ1n) is 13.7. The van der Waals surface area contributed by atoms with Gasteiger partial charge in [-0.1, -0.05) is 32.3 Å². The van der Waals surface area contributed by atoms with E-state index in [1.54, 1.807) is 0 Å². The first kappa shape index (κ1) is 25.7. The first-order valence-corrected chi connectivity index (χ1v) is 13.7. The van der Waals surface area contributed by atoms with Crippen LogP contribution >= 0.6 is 0 Å². The van der Waals surface area contributed by atoms with Gasteiger partial charge < -0.3 is 15.2 Å². The maximum Gasteiger partial charge on any atom is 0.309 e. The van der Waals surface area contributed by atoms with Gasteiger partial charge in [-0.05, 0) is 76.9 Å². The fourth-order valence-electron chi connectivity index (χ4n) is 5.55. The molecule has 35 heavy (non-hydrogen) atoms. The van der Waals surface area contributed by atoms with Gasteiger partial charge in [-0.3, -0.25) is 4.79 Å². The Bertz CT molecular complexity index is 1020. The summed E-state index contributed by atoms with van der Waals surface area (Å²) in [7, 11) is 0. The average molecular weight is 483 g/mol. The topological polar surface area (TPSA) is 88.8 Å². The Morgan fingerprint density at radius 3 is 2.71 bits per heavy atom. The van der Waals surface area contributed by atoms with Crippen LogP contribution in [0.2, 0.25) is 0 Å². The minimum absolute atomic E-state index is 0.0480. The van der Waals surface area contributed by atoms with Gasteiger partial charge in [0.25, 0.3) is 0 Å². The number of anilines is 1. The molecule has 0 aromatic carbocycles. The van der Waals surface area contributed by atoms with Crippen LogP contribution in [-0.4, -0.2) is 44.4 Å². The van der Waals surface area contributed by atoms with Crippen LogP contribution in [0, 0.1) is 5.92 Å². The Hall–Kier alpha value is -2.41. The van der Waals surface area contributed by atoms with Gasteiger partial charge >= 0.3 is 5.97 Å². The molecule has 2 N–H and O–H groups in total. The normalized spacial score (nSPS) is 23.7. The van der Waals surface area contributed by atoms with Crippen LogP contribution < -0.4 is 5.32 Å². The summed E-state index contributed by atoms with van der Waals surface area (Å²) in [5.74, 6) is 0.910. The molecule has 2 heterocycles. The molecule has 1 saturated carbocycles. The monoisotopic (exact) mass is 482 g/mol. The number of nitrogens with zero attached hydrogens (tertiary/aromatic N) is 3. The van der Waals surface area contributed by atoms with Crippen LogP contribution in [0.3, 0.4) is 0 Å². The summed E-state index contributed by atoms with van der Waals surface area (Å²) in [5, 5.41) is 18.5. The molecule has 0 radical (unpaired) electrons. The van der Waals surface area contributed by atoms with Gasteiger partial charge in [-0.15, -0.1) is 5.10 Å².